The number of hydrogen-bond acceptors (Lipinski definition) is 4. The maximum absolute atomic E-state index is 13.3. The van der Waals surface area contributed by atoms with E-state index in [0.717, 1.165) is 27.1 Å². The lowest BCUT2D eigenvalue weighted by atomic mass is 10.0. The number of carbonyl (C=O) groups excluding carboxylic acids is 1. The highest BCUT2D eigenvalue weighted by atomic mass is 79.9. The molecule has 2 aliphatic heterocycles. The van der Waals surface area contributed by atoms with Crippen LogP contribution in [0.2, 0.25) is 5.02 Å². The zero-order chi connectivity index (χ0) is 20.7. The number of fused-ring (bicyclic) bond motifs is 1. The van der Waals surface area contributed by atoms with E-state index in [4.69, 9.17) is 16.7 Å². The molecule has 2 aliphatic rings. The van der Waals surface area contributed by atoms with E-state index in [1.807, 2.05) is 48.5 Å². The van der Waals surface area contributed by atoms with E-state index < -0.39 is 0 Å². The second-order valence-electron chi connectivity index (χ2n) is 7.29. The van der Waals surface area contributed by atoms with Crippen molar-refractivity contribution in [3.8, 4) is 0 Å². The van der Waals surface area contributed by atoms with Gasteiger partial charge in [-0.1, -0.05) is 51.8 Å². The number of nitrogens with zero attached hydrogens (tertiary/aromatic N) is 2. The van der Waals surface area contributed by atoms with Crippen LogP contribution in [-0.4, -0.2) is 28.8 Å². The fourth-order valence-corrected chi connectivity index (χ4v) is 4.22. The number of hydrazone groups is 1. The van der Waals surface area contributed by atoms with E-state index in [1.165, 1.54) is 0 Å². The molecule has 2 heterocycles. The third kappa shape index (κ3) is 3.57. The molecule has 0 saturated heterocycles. The van der Waals surface area contributed by atoms with Crippen molar-refractivity contribution in [2.45, 2.75) is 18.6 Å². The number of amides is 1. The summed E-state index contributed by atoms with van der Waals surface area (Å²) in [5.74, 6) is -0.150. The minimum absolute atomic E-state index is 0.143. The molecule has 0 radical (unpaired) electrons. The van der Waals surface area contributed by atoms with Gasteiger partial charge in [-0.05, 0) is 54.1 Å². The van der Waals surface area contributed by atoms with Gasteiger partial charge in [-0.2, -0.15) is 5.10 Å². The largest absolute Gasteiger partial charge is 0.362 e. The lowest BCUT2D eigenvalue weighted by molar-refractivity contribution is 0.0703. The van der Waals surface area contributed by atoms with Crippen LogP contribution in [0.4, 0.5) is 11.4 Å². The summed E-state index contributed by atoms with van der Waals surface area (Å²) in [5, 5.41) is 13.9. The summed E-state index contributed by atoms with van der Waals surface area (Å²) in [7, 11) is 0. The first-order valence-electron chi connectivity index (χ1n) is 9.63. The zero-order valence-electron chi connectivity index (χ0n) is 15.8. The lowest BCUT2D eigenvalue weighted by Crippen LogP contribution is -2.46. The molecule has 0 saturated carbocycles. The van der Waals surface area contributed by atoms with Crippen molar-refractivity contribution in [3.63, 3.8) is 0 Å². The van der Waals surface area contributed by atoms with Gasteiger partial charge in [-0.3, -0.25) is 4.79 Å². The van der Waals surface area contributed by atoms with Gasteiger partial charge < -0.3 is 10.6 Å². The monoisotopic (exact) mass is 480 g/mol. The molecule has 5 nitrogen and oxygen atoms in total. The summed E-state index contributed by atoms with van der Waals surface area (Å²) in [5.41, 5.74) is 4.50. The molecule has 0 fully saturated rings. The number of hydrogen-bond donors (Lipinski definition) is 2. The van der Waals surface area contributed by atoms with Gasteiger partial charge in [-0.25, -0.2) is 5.01 Å². The molecule has 150 valence electrons. The Morgan fingerprint density at radius 1 is 0.967 bits per heavy atom. The van der Waals surface area contributed by atoms with Gasteiger partial charge >= 0.3 is 0 Å². The van der Waals surface area contributed by atoms with Crippen molar-refractivity contribution < 1.29 is 4.79 Å². The number of anilines is 2. The maximum Gasteiger partial charge on any atom is 0.274 e. The molecule has 3 aromatic carbocycles. The summed E-state index contributed by atoms with van der Waals surface area (Å²) in [6, 6.07) is 22.8. The van der Waals surface area contributed by atoms with Crippen LogP contribution < -0.4 is 10.6 Å². The normalized spacial score (nSPS) is 17.9. The van der Waals surface area contributed by atoms with Crippen LogP contribution in [0, 0.1) is 0 Å². The second kappa shape index (κ2) is 7.78. The summed E-state index contributed by atoms with van der Waals surface area (Å²) in [6.07, 6.45) is 0.495. The van der Waals surface area contributed by atoms with E-state index in [1.54, 1.807) is 29.3 Å². The van der Waals surface area contributed by atoms with E-state index in [0.29, 0.717) is 17.0 Å². The number of nitrogens with one attached hydrogen (secondary N) is 2. The molecular formula is C23H18BrClN4O. The summed E-state index contributed by atoms with van der Waals surface area (Å²) in [6.45, 7) is 0. The van der Waals surface area contributed by atoms with E-state index >= 15 is 0 Å². The molecule has 1 unspecified atom stereocenters. The van der Waals surface area contributed by atoms with Crippen molar-refractivity contribution >= 4 is 50.5 Å². The summed E-state index contributed by atoms with van der Waals surface area (Å²) < 4.78 is 1.00. The Hall–Kier alpha value is -2.83. The average Bonchev–Trinajstić information content (AvgIpc) is 3.39. The van der Waals surface area contributed by atoms with Crippen LogP contribution in [0.15, 0.2) is 82.4 Å². The van der Waals surface area contributed by atoms with Gasteiger partial charge in [0.05, 0.1) is 17.1 Å². The minimum atomic E-state index is -0.181. The third-order valence-electron chi connectivity index (χ3n) is 5.36. The molecule has 0 bridgehead atoms. The Labute approximate surface area is 187 Å². The molecule has 2 N–H and O–H groups in total. The Bertz CT molecular complexity index is 1110. The molecule has 30 heavy (non-hydrogen) atoms. The SMILES string of the molecule is O=C(c1ccc(Cl)cc1)N1N=C(c2ccc(Br)cc2)CC1C1Nc2ccccc2N1. The third-order valence-corrected chi connectivity index (χ3v) is 6.14. The van der Waals surface area contributed by atoms with Crippen molar-refractivity contribution in [2.75, 3.05) is 10.6 Å². The van der Waals surface area contributed by atoms with Crippen LogP contribution >= 0.6 is 27.5 Å². The van der Waals surface area contributed by atoms with E-state index in [9.17, 15) is 4.79 Å². The van der Waals surface area contributed by atoms with Gasteiger partial charge in [0.25, 0.3) is 5.91 Å². The number of benzene rings is 3. The number of halogens is 2. The smallest absolute Gasteiger partial charge is 0.274 e. The molecule has 7 heteroatoms. The highest BCUT2D eigenvalue weighted by Gasteiger charge is 2.40. The van der Waals surface area contributed by atoms with Crippen LogP contribution in [0.3, 0.4) is 0 Å². The van der Waals surface area contributed by atoms with Crippen LogP contribution in [0.25, 0.3) is 0 Å². The fourth-order valence-electron chi connectivity index (χ4n) is 3.83. The fraction of sp³-hybridized carbons (Fsp3) is 0.130. The summed E-state index contributed by atoms with van der Waals surface area (Å²) in [4.78, 5) is 13.3. The maximum atomic E-state index is 13.3. The molecule has 5 rings (SSSR count). The zero-order valence-corrected chi connectivity index (χ0v) is 18.2. The van der Waals surface area contributed by atoms with Gasteiger partial charge in [0, 0.05) is 21.5 Å². The van der Waals surface area contributed by atoms with Crippen LogP contribution in [0.5, 0.6) is 0 Å². The Balaban J connectivity index is 1.48. The predicted molar refractivity (Wildman–Crippen MR) is 124 cm³/mol. The van der Waals surface area contributed by atoms with E-state index in [-0.39, 0.29) is 18.1 Å². The van der Waals surface area contributed by atoms with Crippen LogP contribution in [-0.2, 0) is 0 Å². The minimum Gasteiger partial charge on any atom is -0.362 e. The van der Waals surface area contributed by atoms with Crippen LogP contribution in [0.1, 0.15) is 22.3 Å². The quantitative estimate of drug-likeness (QED) is 0.513. The molecule has 0 spiro atoms. The molecule has 1 amide bonds. The second-order valence-corrected chi connectivity index (χ2v) is 8.65. The van der Waals surface area contributed by atoms with Crippen molar-refractivity contribution in [3.05, 3.63) is 93.4 Å². The molecule has 0 aromatic heterocycles. The highest BCUT2D eigenvalue weighted by Crippen LogP contribution is 2.34. The first-order chi connectivity index (χ1) is 14.6. The summed E-state index contributed by atoms with van der Waals surface area (Å²) >= 11 is 9.47. The van der Waals surface area contributed by atoms with Gasteiger partial charge in [0.15, 0.2) is 0 Å². The first kappa shape index (κ1) is 19.2. The highest BCUT2D eigenvalue weighted by molar-refractivity contribution is 9.10. The van der Waals surface area contributed by atoms with Crippen molar-refractivity contribution in [1.29, 1.82) is 0 Å². The topological polar surface area (TPSA) is 56.7 Å². The number of para-hydroxylation sites is 2. The Kier molecular flexibility index (Phi) is 4.97. The molecule has 0 aliphatic carbocycles. The van der Waals surface area contributed by atoms with Gasteiger partial charge in [0.2, 0.25) is 0 Å². The van der Waals surface area contributed by atoms with E-state index in [2.05, 4.69) is 26.6 Å². The lowest BCUT2D eigenvalue weighted by Gasteiger charge is -2.27. The first-order valence-corrected chi connectivity index (χ1v) is 10.8. The Morgan fingerprint density at radius 2 is 1.60 bits per heavy atom. The Morgan fingerprint density at radius 3 is 2.23 bits per heavy atom. The molecular weight excluding hydrogens is 464 g/mol. The average molecular weight is 482 g/mol. The van der Waals surface area contributed by atoms with Crippen molar-refractivity contribution in [1.82, 2.24) is 5.01 Å². The molecule has 1 atom stereocenters. The number of carbonyl (C=O) groups is 1. The van der Waals surface area contributed by atoms with Gasteiger partial charge in [-0.15, -0.1) is 0 Å². The predicted octanol–water partition coefficient (Wildman–Crippen LogP) is 5.59. The van der Waals surface area contributed by atoms with Gasteiger partial charge in [0.1, 0.15) is 12.2 Å². The van der Waals surface area contributed by atoms with Crippen molar-refractivity contribution in [2.24, 2.45) is 5.10 Å². The standard InChI is InChI=1S/C23H18BrClN4O/c24-16-9-5-14(6-10-16)20-13-21(22-26-18-3-1-2-4-19(18)27-22)29(28-20)23(30)15-7-11-17(25)12-8-15/h1-12,21-22,26-27H,13H2. The number of rotatable bonds is 3. The molecule has 3 aromatic rings.